The summed E-state index contributed by atoms with van der Waals surface area (Å²) in [6.07, 6.45) is 1.97. The average molecular weight is 372 g/mol. The number of esters is 1. The molecule has 0 atom stereocenters. The number of hydrogen-bond acceptors (Lipinski definition) is 2. The van der Waals surface area contributed by atoms with Gasteiger partial charge in [0.2, 0.25) is 0 Å². The van der Waals surface area contributed by atoms with Crippen molar-refractivity contribution in [1.29, 1.82) is 0 Å². The summed E-state index contributed by atoms with van der Waals surface area (Å²) in [5, 5.41) is 0. The molecule has 3 aromatic rings. The van der Waals surface area contributed by atoms with E-state index in [-0.39, 0.29) is 5.97 Å². The van der Waals surface area contributed by atoms with Gasteiger partial charge in [0, 0.05) is 22.3 Å². The number of rotatable bonds is 2. The molecule has 0 unspecified atom stereocenters. The van der Waals surface area contributed by atoms with E-state index in [1.54, 1.807) is 0 Å². The molecule has 0 fully saturated rings. The summed E-state index contributed by atoms with van der Waals surface area (Å²) in [6, 6.07) is 15.8. The second-order valence-corrected chi connectivity index (χ2v) is 7.32. The third-order valence-electron chi connectivity index (χ3n) is 3.60. The fourth-order valence-corrected chi connectivity index (χ4v) is 2.82. The summed E-state index contributed by atoms with van der Waals surface area (Å²) >= 11 is 3.59. The highest BCUT2D eigenvalue weighted by Crippen LogP contribution is 2.35. The van der Waals surface area contributed by atoms with Gasteiger partial charge in [-0.3, -0.25) is 4.79 Å². The number of fused-ring (bicyclic) bond motifs is 1. The lowest BCUT2D eigenvalue weighted by Crippen LogP contribution is -2.25. The lowest BCUT2D eigenvalue weighted by Gasteiger charge is -2.15. The standard InChI is InChI=1S/C19H18BrNO2/c1-19(2,3)18(22)23-17-12-16(13-8-4-5-9-14(13)20)21-11-7-6-10-15(17)21/h4-12H,1-3H3. The van der Waals surface area contributed by atoms with Crippen LogP contribution in [0.15, 0.2) is 59.2 Å². The molecular formula is C19H18BrNO2. The van der Waals surface area contributed by atoms with Crippen molar-refractivity contribution in [3.05, 3.63) is 59.2 Å². The maximum atomic E-state index is 12.2. The predicted molar refractivity (Wildman–Crippen MR) is 95.6 cm³/mol. The number of benzene rings is 1. The number of hydrogen-bond donors (Lipinski definition) is 0. The summed E-state index contributed by atoms with van der Waals surface area (Å²) in [5.74, 6) is 0.337. The van der Waals surface area contributed by atoms with Crippen molar-refractivity contribution in [2.45, 2.75) is 20.8 Å². The van der Waals surface area contributed by atoms with E-state index >= 15 is 0 Å². The van der Waals surface area contributed by atoms with Crippen LogP contribution in [0.4, 0.5) is 0 Å². The van der Waals surface area contributed by atoms with Crippen LogP contribution in [0.2, 0.25) is 0 Å². The Morgan fingerprint density at radius 1 is 1.09 bits per heavy atom. The Balaban J connectivity index is 2.15. The molecule has 4 heteroatoms. The van der Waals surface area contributed by atoms with E-state index < -0.39 is 5.41 Å². The van der Waals surface area contributed by atoms with Crippen LogP contribution in [-0.4, -0.2) is 10.4 Å². The van der Waals surface area contributed by atoms with Gasteiger partial charge in [0.05, 0.1) is 16.6 Å². The summed E-state index contributed by atoms with van der Waals surface area (Å²) < 4.78 is 8.69. The first-order chi connectivity index (χ1) is 10.9. The molecule has 0 saturated carbocycles. The van der Waals surface area contributed by atoms with Gasteiger partial charge in [0.15, 0.2) is 5.75 Å². The molecule has 0 radical (unpaired) electrons. The van der Waals surface area contributed by atoms with Crippen LogP contribution in [0.25, 0.3) is 16.8 Å². The molecule has 23 heavy (non-hydrogen) atoms. The van der Waals surface area contributed by atoms with Crippen LogP contribution < -0.4 is 4.74 Å². The SMILES string of the molecule is CC(C)(C)C(=O)Oc1cc(-c2ccccc2Br)n2ccccc12. The number of carbonyl (C=O) groups is 1. The summed E-state index contributed by atoms with van der Waals surface area (Å²) in [6.45, 7) is 5.55. The van der Waals surface area contributed by atoms with Gasteiger partial charge in [-0.25, -0.2) is 0 Å². The summed E-state index contributed by atoms with van der Waals surface area (Å²) in [7, 11) is 0. The first-order valence-electron chi connectivity index (χ1n) is 7.45. The van der Waals surface area contributed by atoms with Crippen molar-refractivity contribution >= 4 is 27.4 Å². The van der Waals surface area contributed by atoms with Gasteiger partial charge in [-0.1, -0.05) is 40.2 Å². The lowest BCUT2D eigenvalue weighted by atomic mass is 9.97. The van der Waals surface area contributed by atoms with E-state index in [1.165, 1.54) is 0 Å². The largest absolute Gasteiger partial charge is 0.424 e. The number of nitrogens with zero attached hydrogens (tertiary/aromatic N) is 1. The zero-order valence-corrected chi connectivity index (χ0v) is 14.9. The molecule has 0 aliphatic heterocycles. The molecule has 0 saturated heterocycles. The van der Waals surface area contributed by atoms with E-state index in [4.69, 9.17) is 4.74 Å². The topological polar surface area (TPSA) is 30.7 Å². The zero-order valence-electron chi connectivity index (χ0n) is 13.3. The normalized spacial score (nSPS) is 11.7. The van der Waals surface area contributed by atoms with E-state index in [2.05, 4.69) is 15.9 Å². The summed E-state index contributed by atoms with van der Waals surface area (Å²) in [5.41, 5.74) is 2.35. The zero-order chi connectivity index (χ0) is 16.6. The van der Waals surface area contributed by atoms with Crippen molar-refractivity contribution in [2.75, 3.05) is 0 Å². The fourth-order valence-electron chi connectivity index (χ4n) is 2.33. The highest BCUT2D eigenvalue weighted by Gasteiger charge is 2.25. The maximum absolute atomic E-state index is 12.2. The van der Waals surface area contributed by atoms with Crippen LogP contribution in [0, 0.1) is 5.41 Å². The molecule has 0 bridgehead atoms. The highest BCUT2D eigenvalue weighted by atomic mass is 79.9. The van der Waals surface area contributed by atoms with Crippen LogP contribution >= 0.6 is 15.9 Å². The Kier molecular flexibility index (Phi) is 4.02. The quantitative estimate of drug-likeness (QED) is 0.570. The van der Waals surface area contributed by atoms with E-state index in [1.807, 2.05) is 79.9 Å². The van der Waals surface area contributed by atoms with Gasteiger partial charge in [-0.2, -0.15) is 0 Å². The molecule has 0 spiro atoms. The molecule has 0 amide bonds. The molecule has 3 rings (SSSR count). The van der Waals surface area contributed by atoms with Crippen molar-refractivity contribution in [2.24, 2.45) is 5.41 Å². The molecule has 1 aromatic carbocycles. The van der Waals surface area contributed by atoms with Gasteiger partial charge in [-0.05, 0) is 39.0 Å². The third kappa shape index (κ3) is 3.04. The second-order valence-electron chi connectivity index (χ2n) is 6.47. The first kappa shape index (κ1) is 15.8. The van der Waals surface area contributed by atoms with Gasteiger partial charge in [0.1, 0.15) is 0 Å². The van der Waals surface area contributed by atoms with Crippen LogP contribution in [-0.2, 0) is 4.79 Å². The Morgan fingerprint density at radius 3 is 2.48 bits per heavy atom. The van der Waals surface area contributed by atoms with E-state index in [9.17, 15) is 4.79 Å². The number of halogens is 1. The monoisotopic (exact) mass is 371 g/mol. The maximum Gasteiger partial charge on any atom is 0.316 e. The van der Waals surface area contributed by atoms with Gasteiger partial charge in [-0.15, -0.1) is 0 Å². The minimum atomic E-state index is -0.545. The van der Waals surface area contributed by atoms with Gasteiger partial charge < -0.3 is 9.14 Å². The Morgan fingerprint density at radius 2 is 1.78 bits per heavy atom. The van der Waals surface area contributed by atoms with E-state index in [0.717, 1.165) is 21.2 Å². The van der Waals surface area contributed by atoms with Crippen molar-refractivity contribution in [1.82, 2.24) is 4.40 Å². The molecule has 118 valence electrons. The minimum absolute atomic E-state index is 0.243. The number of aromatic nitrogens is 1. The summed E-state index contributed by atoms with van der Waals surface area (Å²) in [4.78, 5) is 12.2. The lowest BCUT2D eigenvalue weighted by molar-refractivity contribution is -0.142. The first-order valence-corrected chi connectivity index (χ1v) is 8.24. The predicted octanol–water partition coefficient (Wildman–Crippen LogP) is 5.32. The number of pyridine rings is 1. The number of ether oxygens (including phenoxy) is 1. The van der Waals surface area contributed by atoms with Crippen molar-refractivity contribution < 1.29 is 9.53 Å². The minimum Gasteiger partial charge on any atom is -0.424 e. The molecule has 0 aliphatic rings. The van der Waals surface area contributed by atoms with Gasteiger partial charge in [0.25, 0.3) is 0 Å². The average Bonchev–Trinajstić information content (AvgIpc) is 2.86. The molecule has 2 heterocycles. The molecule has 3 nitrogen and oxygen atoms in total. The van der Waals surface area contributed by atoms with Crippen molar-refractivity contribution in [3.8, 4) is 17.0 Å². The van der Waals surface area contributed by atoms with Gasteiger partial charge >= 0.3 is 5.97 Å². The molecular weight excluding hydrogens is 354 g/mol. The van der Waals surface area contributed by atoms with Crippen LogP contribution in [0.5, 0.6) is 5.75 Å². The molecule has 2 aromatic heterocycles. The Hall–Kier alpha value is -2.07. The number of carbonyl (C=O) groups excluding carboxylic acids is 1. The van der Waals surface area contributed by atoms with Crippen LogP contribution in [0.1, 0.15) is 20.8 Å². The second kappa shape index (κ2) is 5.85. The molecule has 0 aliphatic carbocycles. The fraction of sp³-hybridized carbons (Fsp3) is 0.211. The molecule has 0 N–H and O–H groups in total. The van der Waals surface area contributed by atoms with E-state index in [0.29, 0.717) is 5.75 Å². The Labute approximate surface area is 144 Å². The third-order valence-corrected chi connectivity index (χ3v) is 4.30. The van der Waals surface area contributed by atoms with Crippen molar-refractivity contribution in [3.63, 3.8) is 0 Å². The Bertz CT molecular complexity index is 874. The highest BCUT2D eigenvalue weighted by molar-refractivity contribution is 9.10. The smallest absolute Gasteiger partial charge is 0.316 e. The van der Waals surface area contributed by atoms with Crippen LogP contribution in [0.3, 0.4) is 0 Å².